The predicted octanol–water partition coefficient (Wildman–Crippen LogP) is 3.43. The fourth-order valence-electron chi connectivity index (χ4n) is 2.13. The van der Waals surface area contributed by atoms with Crippen LogP contribution >= 0.6 is 0 Å². The van der Waals surface area contributed by atoms with Crippen molar-refractivity contribution in [1.82, 2.24) is 9.78 Å². The number of nitrogens with zero attached hydrogens (tertiary/aromatic N) is 2. The minimum atomic E-state index is -0.0187. The molecule has 0 spiro atoms. The predicted molar refractivity (Wildman–Crippen MR) is 80.7 cm³/mol. The molecule has 0 saturated carbocycles. The van der Waals surface area contributed by atoms with Gasteiger partial charge in [-0.3, -0.25) is 4.79 Å². The van der Waals surface area contributed by atoms with Crippen molar-refractivity contribution in [3.05, 3.63) is 22.6 Å². The molecule has 1 rings (SSSR count). The molecule has 1 aromatic rings. The van der Waals surface area contributed by atoms with E-state index in [0.717, 1.165) is 18.7 Å². The van der Waals surface area contributed by atoms with Crippen molar-refractivity contribution in [2.75, 3.05) is 12.4 Å². The molecule has 0 aliphatic rings. The fraction of sp³-hybridized carbons (Fsp3) is 0.733. The first-order valence-corrected chi connectivity index (χ1v) is 7.53. The standard InChI is InChI=1S/C15H27N3O/c1-3-4-5-6-7-8-9-10-11-18-15(19)12-14(16-2)13-17-18/h12-13,16H,3-11H2,1-2H3. The Kier molecular flexibility index (Phi) is 7.94. The number of hydrogen-bond acceptors (Lipinski definition) is 3. The van der Waals surface area contributed by atoms with Crippen molar-refractivity contribution in [2.45, 2.75) is 64.8 Å². The highest BCUT2D eigenvalue weighted by atomic mass is 16.1. The second-order valence-corrected chi connectivity index (χ2v) is 5.03. The first kappa shape index (κ1) is 15.7. The second kappa shape index (κ2) is 9.59. The molecule has 0 aromatic carbocycles. The van der Waals surface area contributed by atoms with Crippen LogP contribution in [0.25, 0.3) is 0 Å². The highest BCUT2D eigenvalue weighted by Crippen LogP contribution is 2.08. The molecule has 19 heavy (non-hydrogen) atoms. The van der Waals surface area contributed by atoms with Crippen LogP contribution in [0, 0.1) is 0 Å². The van der Waals surface area contributed by atoms with Gasteiger partial charge in [0, 0.05) is 19.7 Å². The Hall–Kier alpha value is -1.32. The lowest BCUT2D eigenvalue weighted by molar-refractivity contribution is 0.504. The monoisotopic (exact) mass is 265 g/mol. The summed E-state index contributed by atoms with van der Waals surface area (Å²) in [5.74, 6) is 0. The Morgan fingerprint density at radius 1 is 1.11 bits per heavy atom. The minimum absolute atomic E-state index is 0.0187. The maximum absolute atomic E-state index is 11.7. The average Bonchev–Trinajstić information content (AvgIpc) is 2.43. The number of aromatic nitrogens is 2. The topological polar surface area (TPSA) is 46.9 Å². The summed E-state index contributed by atoms with van der Waals surface area (Å²) in [6.45, 7) is 2.97. The Balaban J connectivity index is 2.14. The zero-order valence-corrected chi connectivity index (χ0v) is 12.3. The van der Waals surface area contributed by atoms with Gasteiger partial charge in [-0.2, -0.15) is 5.10 Å². The lowest BCUT2D eigenvalue weighted by Crippen LogP contribution is -2.22. The van der Waals surface area contributed by atoms with E-state index in [1.54, 1.807) is 24.0 Å². The summed E-state index contributed by atoms with van der Waals surface area (Å²) in [6, 6.07) is 1.59. The molecule has 4 heteroatoms. The van der Waals surface area contributed by atoms with Crippen molar-refractivity contribution < 1.29 is 0 Å². The molecular formula is C15H27N3O. The molecule has 0 aliphatic heterocycles. The summed E-state index contributed by atoms with van der Waals surface area (Å²) in [7, 11) is 1.79. The Bertz CT molecular complexity index is 401. The van der Waals surface area contributed by atoms with E-state index >= 15 is 0 Å². The number of hydrogen-bond donors (Lipinski definition) is 1. The summed E-state index contributed by atoms with van der Waals surface area (Å²) < 4.78 is 1.55. The lowest BCUT2D eigenvalue weighted by atomic mass is 10.1. The van der Waals surface area contributed by atoms with Gasteiger partial charge in [-0.15, -0.1) is 0 Å². The molecule has 0 amide bonds. The van der Waals surface area contributed by atoms with Gasteiger partial charge in [0.1, 0.15) is 0 Å². The van der Waals surface area contributed by atoms with Crippen molar-refractivity contribution >= 4 is 5.69 Å². The largest absolute Gasteiger partial charge is 0.387 e. The Morgan fingerprint density at radius 3 is 2.32 bits per heavy atom. The van der Waals surface area contributed by atoms with Crippen LogP contribution in [-0.2, 0) is 6.54 Å². The molecule has 1 heterocycles. The van der Waals surface area contributed by atoms with E-state index in [1.807, 2.05) is 0 Å². The van der Waals surface area contributed by atoms with Crippen molar-refractivity contribution in [2.24, 2.45) is 0 Å². The van der Waals surface area contributed by atoms with E-state index in [0.29, 0.717) is 0 Å². The number of nitrogens with one attached hydrogen (secondary N) is 1. The first-order valence-electron chi connectivity index (χ1n) is 7.53. The normalized spacial score (nSPS) is 10.6. The third kappa shape index (κ3) is 6.41. The van der Waals surface area contributed by atoms with E-state index in [9.17, 15) is 4.79 Å². The van der Waals surface area contributed by atoms with Crippen LogP contribution < -0.4 is 10.9 Å². The van der Waals surface area contributed by atoms with Gasteiger partial charge >= 0.3 is 0 Å². The van der Waals surface area contributed by atoms with Crippen LogP contribution in [0.4, 0.5) is 5.69 Å². The summed E-state index contributed by atoms with van der Waals surface area (Å²) in [4.78, 5) is 11.7. The molecule has 1 aromatic heterocycles. The number of unbranched alkanes of at least 4 members (excludes halogenated alkanes) is 7. The van der Waals surface area contributed by atoms with Gasteiger partial charge in [0.2, 0.25) is 0 Å². The summed E-state index contributed by atoms with van der Waals surface area (Å²) in [5.41, 5.74) is 0.756. The first-order chi connectivity index (χ1) is 9.27. The van der Waals surface area contributed by atoms with Crippen molar-refractivity contribution in [1.29, 1.82) is 0 Å². The highest BCUT2D eigenvalue weighted by Gasteiger charge is 1.99. The molecule has 1 N–H and O–H groups in total. The van der Waals surface area contributed by atoms with Gasteiger partial charge in [-0.25, -0.2) is 4.68 Å². The number of anilines is 1. The molecule has 0 radical (unpaired) electrons. The quantitative estimate of drug-likeness (QED) is 0.659. The Morgan fingerprint density at radius 2 is 1.74 bits per heavy atom. The van der Waals surface area contributed by atoms with Crippen LogP contribution in [0.5, 0.6) is 0 Å². The molecule has 0 aliphatic carbocycles. The van der Waals surface area contributed by atoms with Crippen LogP contribution in [0.1, 0.15) is 58.3 Å². The Labute approximate surface area is 116 Å². The fourth-order valence-corrected chi connectivity index (χ4v) is 2.13. The van der Waals surface area contributed by atoms with Gasteiger partial charge in [-0.05, 0) is 6.42 Å². The molecule has 0 fully saturated rings. The summed E-state index contributed by atoms with van der Waals surface area (Å²) >= 11 is 0. The van der Waals surface area contributed by atoms with E-state index in [1.165, 1.54) is 44.9 Å². The van der Waals surface area contributed by atoms with Crippen LogP contribution in [0.2, 0.25) is 0 Å². The van der Waals surface area contributed by atoms with Gasteiger partial charge in [0.15, 0.2) is 0 Å². The van der Waals surface area contributed by atoms with Gasteiger partial charge in [-0.1, -0.05) is 51.9 Å². The number of aryl methyl sites for hydroxylation is 1. The molecule has 0 saturated heterocycles. The summed E-state index contributed by atoms with van der Waals surface area (Å²) in [5, 5.41) is 7.07. The zero-order chi connectivity index (χ0) is 13.9. The van der Waals surface area contributed by atoms with Crippen LogP contribution in [-0.4, -0.2) is 16.8 Å². The van der Waals surface area contributed by atoms with E-state index in [2.05, 4.69) is 17.3 Å². The minimum Gasteiger partial charge on any atom is -0.387 e. The highest BCUT2D eigenvalue weighted by molar-refractivity contribution is 5.37. The third-order valence-electron chi connectivity index (χ3n) is 3.38. The number of rotatable bonds is 10. The van der Waals surface area contributed by atoms with E-state index < -0.39 is 0 Å². The molecular weight excluding hydrogens is 238 g/mol. The lowest BCUT2D eigenvalue weighted by Gasteiger charge is -2.05. The summed E-state index contributed by atoms with van der Waals surface area (Å²) in [6.07, 6.45) is 11.9. The van der Waals surface area contributed by atoms with Gasteiger partial charge in [0.25, 0.3) is 5.56 Å². The molecule has 0 bridgehead atoms. The maximum atomic E-state index is 11.7. The van der Waals surface area contributed by atoms with Crippen LogP contribution in [0.15, 0.2) is 17.1 Å². The zero-order valence-electron chi connectivity index (χ0n) is 12.3. The van der Waals surface area contributed by atoms with Crippen molar-refractivity contribution in [3.8, 4) is 0 Å². The van der Waals surface area contributed by atoms with Crippen LogP contribution in [0.3, 0.4) is 0 Å². The molecule has 0 unspecified atom stereocenters. The average molecular weight is 265 g/mol. The van der Waals surface area contributed by atoms with E-state index in [-0.39, 0.29) is 5.56 Å². The van der Waals surface area contributed by atoms with E-state index in [4.69, 9.17) is 0 Å². The maximum Gasteiger partial charge on any atom is 0.268 e. The molecule has 0 atom stereocenters. The second-order valence-electron chi connectivity index (χ2n) is 5.03. The smallest absolute Gasteiger partial charge is 0.268 e. The third-order valence-corrected chi connectivity index (χ3v) is 3.38. The molecule has 4 nitrogen and oxygen atoms in total. The molecule has 108 valence electrons. The SMILES string of the molecule is CCCCCCCCCCn1ncc(NC)cc1=O. The van der Waals surface area contributed by atoms with Gasteiger partial charge in [0.05, 0.1) is 11.9 Å². The van der Waals surface area contributed by atoms with Crippen molar-refractivity contribution in [3.63, 3.8) is 0 Å². The van der Waals surface area contributed by atoms with Gasteiger partial charge < -0.3 is 5.32 Å².